The number of hydrogen-bond donors (Lipinski definition) is 0. The lowest BCUT2D eigenvalue weighted by Crippen LogP contribution is -2.01. The van der Waals surface area contributed by atoms with Crippen LogP contribution < -0.4 is 0 Å². The fourth-order valence-corrected chi connectivity index (χ4v) is 2.53. The largest absolute Gasteiger partial charge is 0.278 e. The Hall–Kier alpha value is -1.65. The SMILES string of the molecule is Clc1ccc(-c2nnc(CBr)n2-c2ccccc2)cc1. The molecule has 0 saturated carbocycles. The first-order valence-electron chi connectivity index (χ1n) is 6.11. The van der Waals surface area contributed by atoms with Crippen LogP contribution in [0.3, 0.4) is 0 Å². The van der Waals surface area contributed by atoms with Gasteiger partial charge in [0.05, 0.1) is 5.33 Å². The zero-order chi connectivity index (χ0) is 13.9. The molecule has 0 saturated heterocycles. The zero-order valence-electron chi connectivity index (χ0n) is 10.5. The van der Waals surface area contributed by atoms with Gasteiger partial charge in [0, 0.05) is 16.3 Å². The van der Waals surface area contributed by atoms with Gasteiger partial charge in [-0.15, -0.1) is 10.2 Å². The van der Waals surface area contributed by atoms with Crippen LogP contribution in [0.5, 0.6) is 0 Å². The molecule has 5 heteroatoms. The third-order valence-electron chi connectivity index (χ3n) is 2.97. The Labute approximate surface area is 130 Å². The zero-order valence-corrected chi connectivity index (χ0v) is 12.8. The predicted molar refractivity (Wildman–Crippen MR) is 84.4 cm³/mol. The molecule has 2 aromatic carbocycles. The molecule has 1 aromatic heterocycles. The van der Waals surface area contributed by atoms with Crippen molar-refractivity contribution in [2.45, 2.75) is 5.33 Å². The molecule has 3 aromatic rings. The summed E-state index contributed by atoms with van der Waals surface area (Å²) in [4.78, 5) is 0. The van der Waals surface area contributed by atoms with Crippen molar-refractivity contribution in [2.24, 2.45) is 0 Å². The molecule has 1 heterocycles. The van der Waals surface area contributed by atoms with Crippen molar-refractivity contribution in [1.82, 2.24) is 14.8 Å². The Kier molecular flexibility index (Phi) is 3.85. The van der Waals surface area contributed by atoms with Crippen LogP contribution in [0.15, 0.2) is 54.6 Å². The van der Waals surface area contributed by atoms with E-state index in [-0.39, 0.29) is 0 Å². The number of halogens is 2. The number of rotatable bonds is 3. The molecule has 0 aliphatic rings. The van der Waals surface area contributed by atoms with Gasteiger partial charge in [-0.3, -0.25) is 4.57 Å². The number of hydrogen-bond acceptors (Lipinski definition) is 2. The van der Waals surface area contributed by atoms with E-state index in [4.69, 9.17) is 11.6 Å². The Bertz CT molecular complexity index is 708. The molecule has 0 spiro atoms. The van der Waals surface area contributed by atoms with Crippen LogP contribution in [0.25, 0.3) is 17.1 Å². The van der Waals surface area contributed by atoms with Gasteiger partial charge >= 0.3 is 0 Å². The van der Waals surface area contributed by atoms with E-state index in [9.17, 15) is 0 Å². The minimum atomic E-state index is 0.641. The third kappa shape index (κ3) is 2.49. The summed E-state index contributed by atoms with van der Waals surface area (Å²) in [6, 6.07) is 17.7. The Morgan fingerprint density at radius 1 is 0.950 bits per heavy atom. The third-order valence-corrected chi connectivity index (χ3v) is 3.72. The van der Waals surface area contributed by atoms with E-state index in [1.807, 2.05) is 59.2 Å². The molecule has 0 atom stereocenters. The van der Waals surface area contributed by atoms with Crippen LogP contribution in [-0.4, -0.2) is 14.8 Å². The first-order valence-corrected chi connectivity index (χ1v) is 7.61. The van der Waals surface area contributed by atoms with E-state index >= 15 is 0 Å². The molecule has 0 N–H and O–H groups in total. The van der Waals surface area contributed by atoms with E-state index in [1.165, 1.54) is 0 Å². The van der Waals surface area contributed by atoms with Crippen molar-refractivity contribution in [3.05, 3.63) is 65.4 Å². The summed E-state index contributed by atoms with van der Waals surface area (Å²) in [6.07, 6.45) is 0. The second kappa shape index (κ2) is 5.77. The first kappa shape index (κ1) is 13.3. The van der Waals surface area contributed by atoms with Gasteiger partial charge in [-0.25, -0.2) is 0 Å². The van der Waals surface area contributed by atoms with Crippen LogP contribution in [0.1, 0.15) is 5.82 Å². The van der Waals surface area contributed by atoms with Gasteiger partial charge in [-0.2, -0.15) is 0 Å². The van der Waals surface area contributed by atoms with Crippen molar-refractivity contribution >= 4 is 27.5 Å². The fraction of sp³-hybridized carbons (Fsp3) is 0.0667. The van der Waals surface area contributed by atoms with Crippen LogP contribution in [0, 0.1) is 0 Å². The Balaban J connectivity index is 2.17. The van der Waals surface area contributed by atoms with Gasteiger partial charge < -0.3 is 0 Å². The maximum Gasteiger partial charge on any atom is 0.168 e. The lowest BCUT2D eigenvalue weighted by molar-refractivity contribution is 0.962. The van der Waals surface area contributed by atoms with Gasteiger partial charge in [0.1, 0.15) is 5.82 Å². The van der Waals surface area contributed by atoms with Crippen molar-refractivity contribution in [1.29, 1.82) is 0 Å². The summed E-state index contributed by atoms with van der Waals surface area (Å²) in [5, 5.41) is 9.90. The summed E-state index contributed by atoms with van der Waals surface area (Å²) in [6.45, 7) is 0. The van der Waals surface area contributed by atoms with Crippen molar-refractivity contribution in [3.63, 3.8) is 0 Å². The molecule has 20 heavy (non-hydrogen) atoms. The summed E-state index contributed by atoms with van der Waals surface area (Å²) in [7, 11) is 0. The molecule has 3 nitrogen and oxygen atoms in total. The van der Waals surface area contributed by atoms with Crippen molar-refractivity contribution in [2.75, 3.05) is 0 Å². The average Bonchev–Trinajstić information content (AvgIpc) is 2.93. The molecule has 0 fully saturated rings. The number of para-hydroxylation sites is 1. The molecule has 3 rings (SSSR count). The molecule has 0 amide bonds. The molecule has 0 unspecified atom stereocenters. The Morgan fingerprint density at radius 2 is 1.65 bits per heavy atom. The fourth-order valence-electron chi connectivity index (χ4n) is 2.04. The van der Waals surface area contributed by atoms with E-state index < -0.39 is 0 Å². The first-order chi connectivity index (χ1) is 9.79. The molecule has 0 aliphatic carbocycles. The highest BCUT2D eigenvalue weighted by Crippen LogP contribution is 2.25. The minimum Gasteiger partial charge on any atom is -0.278 e. The van der Waals surface area contributed by atoms with Gasteiger partial charge in [0.25, 0.3) is 0 Å². The minimum absolute atomic E-state index is 0.641. The van der Waals surface area contributed by atoms with Crippen molar-refractivity contribution < 1.29 is 0 Å². The van der Waals surface area contributed by atoms with E-state index in [2.05, 4.69) is 26.1 Å². The molecular formula is C15H11BrClN3. The highest BCUT2D eigenvalue weighted by molar-refractivity contribution is 9.08. The second-order valence-corrected chi connectivity index (χ2v) is 5.25. The summed E-state index contributed by atoms with van der Waals surface area (Å²) in [5.74, 6) is 1.67. The Morgan fingerprint density at radius 3 is 2.30 bits per heavy atom. The second-order valence-electron chi connectivity index (χ2n) is 4.25. The average molecular weight is 349 g/mol. The number of aromatic nitrogens is 3. The maximum absolute atomic E-state index is 5.94. The molecule has 0 radical (unpaired) electrons. The summed E-state index contributed by atoms with van der Waals surface area (Å²) < 4.78 is 2.04. The van der Waals surface area contributed by atoms with Gasteiger partial charge in [0.2, 0.25) is 0 Å². The van der Waals surface area contributed by atoms with Crippen LogP contribution in [-0.2, 0) is 5.33 Å². The molecule has 100 valence electrons. The number of nitrogens with zero attached hydrogens (tertiary/aromatic N) is 3. The van der Waals surface area contributed by atoms with Gasteiger partial charge in [0.15, 0.2) is 5.82 Å². The standard InChI is InChI=1S/C15H11BrClN3/c16-10-14-18-19-15(11-6-8-12(17)9-7-11)20(14)13-4-2-1-3-5-13/h1-9H,10H2. The quantitative estimate of drug-likeness (QED) is 0.653. The maximum atomic E-state index is 5.94. The van der Waals surface area contributed by atoms with Crippen LogP contribution in [0.4, 0.5) is 0 Å². The van der Waals surface area contributed by atoms with Crippen LogP contribution in [0.2, 0.25) is 5.02 Å². The molecular weight excluding hydrogens is 338 g/mol. The molecule has 0 bridgehead atoms. The highest BCUT2D eigenvalue weighted by atomic mass is 79.9. The normalized spacial score (nSPS) is 10.7. The lowest BCUT2D eigenvalue weighted by atomic mass is 10.2. The van der Waals surface area contributed by atoms with E-state index in [1.54, 1.807) is 0 Å². The van der Waals surface area contributed by atoms with Crippen molar-refractivity contribution in [3.8, 4) is 17.1 Å². The number of benzene rings is 2. The van der Waals surface area contributed by atoms with Gasteiger partial charge in [-0.05, 0) is 36.4 Å². The van der Waals surface area contributed by atoms with Crippen LogP contribution >= 0.6 is 27.5 Å². The lowest BCUT2D eigenvalue weighted by Gasteiger charge is -2.09. The molecule has 0 aliphatic heterocycles. The summed E-state index contributed by atoms with van der Waals surface area (Å²) >= 11 is 9.40. The summed E-state index contributed by atoms with van der Waals surface area (Å²) in [5.41, 5.74) is 2.02. The van der Waals surface area contributed by atoms with E-state index in [0.29, 0.717) is 10.4 Å². The topological polar surface area (TPSA) is 30.7 Å². The monoisotopic (exact) mass is 347 g/mol. The number of alkyl halides is 1. The predicted octanol–water partition coefficient (Wildman–Crippen LogP) is 4.48. The smallest absolute Gasteiger partial charge is 0.168 e. The van der Waals surface area contributed by atoms with E-state index in [0.717, 1.165) is 22.9 Å². The highest BCUT2D eigenvalue weighted by Gasteiger charge is 2.14. The van der Waals surface area contributed by atoms with Gasteiger partial charge in [-0.1, -0.05) is 45.7 Å².